The van der Waals surface area contributed by atoms with Crippen molar-refractivity contribution in [2.24, 2.45) is 0 Å². The monoisotopic (exact) mass is 462 g/mol. The van der Waals surface area contributed by atoms with Crippen LogP contribution in [0.2, 0.25) is 10.0 Å². The van der Waals surface area contributed by atoms with Crippen LogP contribution in [0, 0.1) is 13.8 Å². The predicted octanol–water partition coefficient (Wildman–Crippen LogP) is 3.35. The second-order valence-electron chi connectivity index (χ2n) is 7.41. The molecule has 2 aromatic heterocycles. The fraction of sp³-hybridized carbons (Fsp3) is 0.381. The summed E-state index contributed by atoms with van der Waals surface area (Å²) < 4.78 is 8.79. The molecule has 1 saturated heterocycles. The lowest BCUT2D eigenvalue weighted by atomic mass is 10.2. The van der Waals surface area contributed by atoms with Gasteiger partial charge in [0.25, 0.3) is 0 Å². The number of piperazine rings is 1. The van der Waals surface area contributed by atoms with Gasteiger partial charge in [0.2, 0.25) is 5.91 Å². The molecule has 0 radical (unpaired) electrons. The van der Waals surface area contributed by atoms with Crippen LogP contribution >= 0.6 is 23.2 Å². The van der Waals surface area contributed by atoms with Crippen molar-refractivity contribution < 1.29 is 9.53 Å². The Hall–Kier alpha value is -2.71. The highest BCUT2D eigenvalue weighted by atomic mass is 35.5. The van der Waals surface area contributed by atoms with Gasteiger partial charge in [0.15, 0.2) is 5.82 Å². The third-order valence-electron chi connectivity index (χ3n) is 5.59. The molecule has 1 fully saturated rings. The summed E-state index contributed by atoms with van der Waals surface area (Å²) in [6.45, 7) is 6.62. The van der Waals surface area contributed by atoms with Crippen LogP contribution in [0.3, 0.4) is 0 Å². The number of aryl methyl sites for hydroxylation is 1. The van der Waals surface area contributed by atoms with Crippen molar-refractivity contribution in [1.82, 2.24) is 24.2 Å². The summed E-state index contributed by atoms with van der Waals surface area (Å²) in [6, 6.07) is 5.72. The molecule has 0 spiro atoms. The van der Waals surface area contributed by atoms with Gasteiger partial charge in [0.05, 0.1) is 17.8 Å². The van der Waals surface area contributed by atoms with E-state index in [9.17, 15) is 4.79 Å². The predicted molar refractivity (Wildman–Crippen MR) is 121 cm³/mol. The fourth-order valence-corrected chi connectivity index (χ4v) is 4.13. The van der Waals surface area contributed by atoms with E-state index in [1.54, 1.807) is 24.2 Å². The van der Waals surface area contributed by atoms with Crippen LogP contribution in [0.25, 0.3) is 5.82 Å². The molecule has 1 aliphatic rings. The van der Waals surface area contributed by atoms with Crippen molar-refractivity contribution in [3.8, 4) is 11.6 Å². The molecule has 0 saturated carbocycles. The number of aromatic nitrogens is 4. The molecular formula is C21H24Cl2N6O2. The SMILES string of the molecule is COc1cc(N2CCN(C(=O)Cn3nc(-n4ccnc4C)c(Cl)c3C)CC2)ccc1Cl. The average Bonchev–Trinajstić information content (AvgIpc) is 3.32. The zero-order valence-corrected chi connectivity index (χ0v) is 19.2. The van der Waals surface area contributed by atoms with Crippen LogP contribution in [-0.2, 0) is 11.3 Å². The molecule has 1 aromatic carbocycles. The van der Waals surface area contributed by atoms with Crippen LogP contribution in [0.15, 0.2) is 30.6 Å². The van der Waals surface area contributed by atoms with Gasteiger partial charge in [0, 0.05) is 50.3 Å². The molecule has 8 nitrogen and oxygen atoms in total. The number of imidazole rings is 1. The van der Waals surface area contributed by atoms with Gasteiger partial charge in [-0.2, -0.15) is 5.10 Å². The number of benzene rings is 1. The standard InChI is InChI=1S/C21H24Cl2N6O2/c1-14-20(23)21(28-7-6-24-15(28)2)25-29(14)13-19(30)27-10-8-26(9-11-27)16-4-5-17(22)18(12-16)31-3/h4-7,12H,8-11,13H2,1-3H3. The van der Waals surface area contributed by atoms with Crippen molar-refractivity contribution >= 4 is 34.8 Å². The van der Waals surface area contributed by atoms with E-state index < -0.39 is 0 Å². The molecule has 10 heteroatoms. The molecule has 1 aliphatic heterocycles. The van der Waals surface area contributed by atoms with Crippen molar-refractivity contribution in [1.29, 1.82) is 0 Å². The van der Waals surface area contributed by atoms with Crippen LogP contribution in [0.1, 0.15) is 11.5 Å². The summed E-state index contributed by atoms with van der Waals surface area (Å²) in [5.41, 5.74) is 1.79. The lowest BCUT2D eigenvalue weighted by Gasteiger charge is -2.36. The molecule has 0 unspecified atom stereocenters. The van der Waals surface area contributed by atoms with Gasteiger partial charge in [-0.3, -0.25) is 14.0 Å². The fourth-order valence-electron chi connectivity index (χ4n) is 3.71. The maximum absolute atomic E-state index is 12.9. The smallest absolute Gasteiger partial charge is 0.244 e. The van der Waals surface area contributed by atoms with Crippen LogP contribution in [-0.4, -0.2) is 63.4 Å². The number of nitrogens with zero attached hydrogens (tertiary/aromatic N) is 6. The summed E-state index contributed by atoms with van der Waals surface area (Å²) in [4.78, 5) is 21.2. The van der Waals surface area contributed by atoms with E-state index in [4.69, 9.17) is 27.9 Å². The van der Waals surface area contributed by atoms with E-state index in [2.05, 4.69) is 15.0 Å². The van der Waals surface area contributed by atoms with Crippen LogP contribution in [0.5, 0.6) is 5.75 Å². The molecule has 0 N–H and O–H groups in total. The van der Waals surface area contributed by atoms with E-state index >= 15 is 0 Å². The highest BCUT2D eigenvalue weighted by Gasteiger charge is 2.24. The summed E-state index contributed by atoms with van der Waals surface area (Å²) >= 11 is 12.6. The maximum Gasteiger partial charge on any atom is 0.244 e. The van der Waals surface area contributed by atoms with Crippen LogP contribution < -0.4 is 9.64 Å². The number of halogens is 2. The zero-order chi connectivity index (χ0) is 22.1. The summed E-state index contributed by atoms with van der Waals surface area (Å²) in [5.74, 6) is 2.04. The minimum atomic E-state index is 0.0181. The number of ether oxygens (including phenoxy) is 1. The highest BCUT2D eigenvalue weighted by molar-refractivity contribution is 6.33. The third-order valence-corrected chi connectivity index (χ3v) is 6.34. The van der Waals surface area contributed by atoms with Gasteiger partial charge in [-0.15, -0.1) is 0 Å². The Kier molecular flexibility index (Phi) is 6.11. The van der Waals surface area contributed by atoms with Gasteiger partial charge in [-0.25, -0.2) is 4.98 Å². The van der Waals surface area contributed by atoms with Crippen molar-refractivity contribution in [3.05, 3.63) is 52.2 Å². The number of amides is 1. The van der Waals surface area contributed by atoms with Crippen molar-refractivity contribution in [3.63, 3.8) is 0 Å². The Balaban J connectivity index is 1.41. The number of methoxy groups -OCH3 is 1. The second kappa shape index (κ2) is 8.80. The summed E-state index contributed by atoms with van der Waals surface area (Å²) in [7, 11) is 1.60. The van der Waals surface area contributed by atoms with E-state index in [1.165, 1.54) is 0 Å². The third kappa shape index (κ3) is 4.22. The molecule has 4 rings (SSSR count). The quantitative estimate of drug-likeness (QED) is 0.581. The molecule has 1 amide bonds. The first-order valence-corrected chi connectivity index (χ1v) is 10.7. The van der Waals surface area contributed by atoms with E-state index in [1.807, 2.05) is 41.5 Å². The minimum absolute atomic E-state index is 0.0181. The molecule has 0 bridgehead atoms. The largest absolute Gasteiger partial charge is 0.495 e. The molecular weight excluding hydrogens is 439 g/mol. The molecule has 0 aliphatic carbocycles. The van der Waals surface area contributed by atoms with E-state index in [0.29, 0.717) is 34.7 Å². The molecule has 3 aromatic rings. The first-order chi connectivity index (χ1) is 14.9. The maximum atomic E-state index is 12.9. The topological polar surface area (TPSA) is 68.4 Å². The van der Waals surface area contributed by atoms with Gasteiger partial charge in [-0.05, 0) is 26.0 Å². The van der Waals surface area contributed by atoms with E-state index in [-0.39, 0.29) is 12.5 Å². The number of hydrogen-bond acceptors (Lipinski definition) is 5. The molecule has 164 valence electrons. The van der Waals surface area contributed by atoms with Gasteiger partial charge >= 0.3 is 0 Å². The van der Waals surface area contributed by atoms with Gasteiger partial charge < -0.3 is 14.5 Å². The molecule has 3 heterocycles. The lowest BCUT2D eigenvalue weighted by molar-refractivity contribution is -0.132. The summed E-state index contributed by atoms with van der Waals surface area (Å²) in [5, 5.41) is 5.67. The van der Waals surface area contributed by atoms with Gasteiger partial charge in [0.1, 0.15) is 23.1 Å². The van der Waals surface area contributed by atoms with Gasteiger partial charge in [-0.1, -0.05) is 23.2 Å². The Labute approximate surface area is 190 Å². The van der Waals surface area contributed by atoms with Crippen molar-refractivity contribution in [2.75, 3.05) is 38.2 Å². The summed E-state index contributed by atoms with van der Waals surface area (Å²) in [6.07, 6.45) is 3.50. The lowest BCUT2D eigenvalue weighted by Crippen LogP contribution is -2.49. The normalized spacial score (nSPS) is 14.2. The highest BCUT2D eigenvalue weighted by Crippen LogP contribution is 2.30. The number of hydrogen-bond donors (Lipinski definition) is 0. The molecule has 31 heavy (non-hydrogen) atoms. The minimum Gasteiger partial charge on any atom is -0.495 e. The average molecular weight is 463 g/mol. The Morgan fingerprint density at radius 3 is 2.55 bits per heavy atom. The Bertz CT molecular complexity index is 1100. The second-order valence-corrected chi connectivity index (χ2v) is 8.20. The zero-order valence-electron chi connectivity index (χ0n) is 17.7. The molecule has 0 atom stereocenters. The Morgan fingerprint density at radius 1 is 1.16 bits per heavy atom. The number of anilines is 1. The number of carbonyl (C=O) groups is 1. The first-order valence-electron chi connectivity index (χ1n) is 9.98. The first kappa shape index (κ1) is 21.5. The number of carbonyl (C=O) groups excluding carboxylic acids is 1. The Morgan fingerprint density at radius 2 is 1.90 bits per heavy atom. The van der Waals surface area contributed by atoms with Crippen molar-refractivity contribution in [2.45, 2.75) is 20.4 Å². The number of rotatable bonds is 5. The van der Waals surface area contributed by atoms with E-state index in [0.717, 1.165) is 30.3 Å². The van der Waals surface area contributed by atoms with Crippen LogP contribution in [0.4, 0.5) is 5.69 Å².